The van der Waals surface area contributed by atoms with Crippen LogP contribution < -0.4 is 0 Å². The molecule has 1 aliphatic heterocycles. The van der Waals surface area contributed by atoms with Gasteiger partial charge in [0.15, 0.2) is 0 Å². The molecule has 1 saturated heterocycles. The molecule has 2 atom stereocenters. The normalized spacial score (nSPS) is 32.3. The summed E-state index contributed by atoms with van der Waals surface area (Å²) >= 11 is 0. The fourth-order valence-corrected chi connectivity index (χ4v) is 3.31. The number of fused-ring (bicyclic) bond motifs is 2. The lowest BCUT2D eigenvalue weighted by Gasteiger charge is -2.08. The van der Waals surface area contributed by atoms with Crippen LogP contribution >= 0.6 is 0 Å². The first-order valence-electron chi connectivity index (χ1n) is 8.07. The maximum atomic E-state index is 11.7. The Kier molecular flexibility index (Phi) is 6.02. The van der Waals surface area contributed by atoms with E-state index in [2.05, 4.69) is 0 Å². The lowest BCUT2D eigenvalue weighted by atomic mass is 9.96. The van der Waals surface area contributed by atoms with E-state index in [1.54, 1.807) is 0 Å². The second-order valence-electron chi connectivity index (χ2n) is 6.10. The molecule has 2 aliphatic rings. The van der Waals surface area contributed by atoms with Gasteiger partial charge in [0.25, 0.3) is 0 Å². The molecule has 2 heteroatoms. The number of carbonyl (C=O) groups is 1. The van der Waals surface area contributed by atoms with Gasteiger partial charge in [-0.3, -0.25) is 4.79 Å². The van der Waals surface area contributed by atoms with Gasteiger partial charge in [-0.15, -0.1) is 0 Å². The highest BCUT2D eigenvalue weighted by atomic mass is 16.5. The van der Waals surface area contributed by atoms with E-state index in [0.29, 0.717) is 0 Å². The summed E-state index contributed by atoms with van der Waals surface area (Å²) in [4.78, 5) is 11.7. The molecule has 2 unspecified atom stereocenters. The molecule has 0 aromatic heterocycles. The summed E-state index contributed by atoms with van der Waals surface area (Å²) in [6.07, 6.45) is 16.8. The molecule has 0 aromatic rings. The molecular weight excluding hydrogens is 224 g/mol. The zero-order valence-electron chi connectivity index (χ0n) is 11.7. The molecule has 1 heterocycles. The highest BCUT2D eigenvalue weighted by Gasteiger charge is 2.33. The minimum Gasteiger partial charge on any atom is -0.462 e. The Bertz CT molecular complexity index is 249. The van der Waals surface area contributed by atoms with Crippen LogP contribution in [0.5, 0.6) is 0 Å². The van der Waals surface area contributed by atoms with Crippen molar-refractivity contribution in [1.82, 2.24) is 0 Å². The van der Waals surface area contributed by atoms with Crippen LogP contribution in [-0.2, 0) is 9.53 Å². The van der Waals surface area contributed by atoms with Crippen molar-refractivity contribution in [2.24, 2.45) is 5.92 Å². The van der Waals surface area contributed by atoms with Gasteiger partial charge in [-0.1, -0.05) is 57.8 Å². The molecule has 18 heavy (non-hydrogen) atoms. The Morgan fingerprint density at radius 1 is 0.722 bits per heavy atom. The maximum Gasteiger partial charge on any atom is 0.309 e. The number of hydrogen-bond donors (Lipinski definition) is 0. The minimum absolute atomic E-state index is 0.0899. The molecule has 2 nitrogen and oxygen atoms in total. The second-order valence-corrected chi connectivity index (χ2v) is 6.10. The van der Waals surface area contributed by atoms with Crippen molar-refractivity contribution in [3.8, 4) is 0 Å². The molecule has 0 N–H and O–H groups in total. The van der Waals surface area contributed by atoms with E-state index in [4.69, 9.17) is 4.74 Å². The van der Waals surface area contributed by atoms with Crippen LogP contribution in [0.25, 0.3) is 0 Å². The molecular formula is C16H28O2. The van der Waals surface area contributed by atoms with E-state index in [1.807, 2.05) is 0 Å². The zero-order valence-corrected chi connectivity index (χ0v) is 11.7. The van der Waals surface area contributed by atoms with Gasteiger partial charge >= 0.3 is 5.97 Å². The number of hydrogen-bond acceptors (Lipinski definition) is 2. The Labute approximate surface area is 111 Å². The van der Waals surface area contributed by atoms with Gasteiger partial charge in [-0.25, -0.2) is 0 Å². The topological polar surface area (TPSA) is 26.3 Å². The number of carbonyl (C=O) groups excluding carboxylic acids is 1. The molecule has 1 saturated carbocycles. The Hall–Kier alpha value is -0.530. The number of esters is 1. The van der Waals surface area contributed by atoms with Gasteiger partial charge in [-0.05, 0) is 25.7 Å². The molecule has 2 fully saturated rings. The predicted octanol–water partition coefficient (Wildman–Crippen LogP) is 4.61. The molecule has 2 bridgehead atoms. The van der Waals surface area contributed by atoms with Gasteiger partial charge in [0.1, 0.15) is 6.10 Å². The monoisotopic (exact) mass is 252 g/mol. The first kappa shape index (κ1) is 13.9. The van der Waals surface area contributed by atoms with Crippen molar-refractivity contribution < 1.29 is 9.53 Å². The summed E-state index contributed by atoms with van der Waals surface area (Å²) in [5, 5.41) is 0. The third kappa shape index (κ3) is 4.62. The number of rotatable bonds is 0. The molecule has 104 valence electrons. The van der Waals surface area contributed by atoms with E-state index in [9.17, 15) is 4.79 Å². The van der Waals surface area contributed by atoms with E-state index in [1.165, 1.54) is 64.2 Å². The van der Waals surface area contributed by atoms with Crippen LogP contribution in [0.3, 0.4) is 0 Å². The third-order valence-corrected chi connectivity index (χ3v) is 4.49. The van der Waals surface area contributed by atoms with Gasteiger partial charge in [0, 0.05) is 0 Å². The summed E-state index contributed by atoms with van der Waals surface area (Å²) in [5.41, 5.74) is 0. The Balaban J connectivity index is 1.76. The molecule has 0 aromatic carbocycles. The fraction of sp³-hybridized carbons (Fsp3) is 0.938. The maximum absolute atomic E-state index is 11.7. The fourth-order valence-electron chi connectivity index (χ4n) is 3.31. The predicted molar refractivity (Wildman–Crippen MR) is 73.4 cm³/mol. The average Bonchev–Trinajstić information content (AvgIpc) is 2.70. The number of ether oxygens (including phenoxy) is 1. The van der Waals surface area contributed by atoms with Crippen molar-refractivity contribution in [3.63, 3.8) is 0 Å². The summed E-state index contributed by atoms with van der Waals surface area (Å²) in [6, 6.07) is 0. The molecule has 1 aliphatic carbocycles. The van der Waals surface area contributed by atoms with Crippen LogP contribution in [0.4, 0.5) is 0 Å². The summed E-state index contributed by atoms with van der Waals surface area (Å²) in [7, 11) is 0. The molecule has 0 spiro atoms. The summed E-state index contributed by atoms with van der Waals surface area (Å²) in [5.74, 6) is 0.312. The Morgan fingerprint density at radius 2 is 1.22 bits per heavy atom. The van der Waals surface area contributed by atoms with Gasteiger partial charge in [0.05, 0.1) is 5.92 Å². The van der Waals surface area contributed by atoms with Crippen molar-refractivity contribution in [2.75, 3.05) is 0 Å². The standard InChI is InChI=1S/C16H28O2/c17-16-14-11-9-7-5-3-1-2-4-6-8-10-12-15(13-14)18-16/h14-15H,1-13H2. The average molecular weight is 252 g/mol. The van der Waals surface area contributed by atoms with E-state index in [-0.39, 0.29) is 18.0 Å². The van der Waals surface area contributed by atoms with Crippen molar-refractivity contribution in [3.05, 3.63) is 0 Å². The quantitative estimate of drug-likeness (QED) is 0.588. The first-order chi connectivity index (χ1) is 8.86. The van der Waals surface area contributed by atoms with Crippen molar-refractivity contribution in [1.29, 1.82) is 0 Å². The molecule has 0 radical (unpaired) electrons. The van der Waals surface area contributed by atoms with Crippen molar-refractivity contribution in [2.45, 2.75) is 89.6 Å². The van der Waals surface area contributed by atoms with E-state index < -0.39 is 0 Å². The van der Waals surface area contributed by atoms with E-state index >= 15 is 0 Å². The van der Waals surface area contributed by atoms with Crippen LogP contribution in [0.15, 0.2) is 0 Å². The van der Waals surface area contributed by atoms with Gasteiger partial charge in [-0.2, -0.15) is 0 Å². The summed E-state index contributed by atoms with van der Waals surface area (Å²) < 4.78 is 5.49. The van der Waals surface area contributed by atoms with E-state index in [0.717, 1.165) is 19.3 Å². The molecule has 2 rings (SSSR count). The van der Waals surface area contributed by atoms with Crippen molar-refractivity contribution >= 4 is 5.97 Å². The third-order valence-electron chi connectivity index (χ3n) is 4.49. The highest BCUT2D eigenvalue weighted by molar-refractivity contribution is 5.74. The largest absolute Gasteiger partial charge is 0.462 e. The van der Waals surface area contributed by atoms with Crippen LogP contribution in [-0.4, -0.2) is 12.1 Å². The van der Waals surface area contributed by atoms with Crippen LogP contribution in [0.1, 0.15) is 83.5 Å². The SMILES string of the molecule is O=C1OC2CCCCCCCCCCCCC1C2. The van der Waals surface area contributed by atoms with Gasteiger partial charge in [0.2, 0.25) is 0 Å². The summed E-state index contributed by atoms with van der Waals surface area (Å²) in [6.45, 7) is 0. The first-order valence-corrected chi connectivity index (χ1v) is 8.07. The second kappa shape index (κ2) is 7.81. The Morgan fingerprint density at radius 3 is 1.83 bits per heavy atom. The van der Waals surface area contributed by atoms with Crippen LogP contribution in [0, 0.1) is 5.92 Å². The lowest BCUT2D eigenvalue weighted by molar-refractivity contribution is -0.144. The lowest BCUT2D eigenvalue weighted by Crippen LogP contribution is -2.07. The zero-order chi connectivity index (χ0) is 12.6. The molecule has 0 amide bonds. The van der Waals surface area contributed by atoms with Crippen LogP contribution in [0.2, 0.25) is 0 Å². The minimum atomic E-state index is 0.0899. The smallest absolute Gasteiger partial charge is 0.309 e. The highest BCUT2D eigenvalue weighted by Crippen LogP contribution is 2.29. The van der Waals surface area contributed by atoms with Gasteiger partial charge < -0.3 is 4.74 Å².